The maximum atomic E-state index is 12.7. The molecule has 0 N–H and O–H groups in total. The number of nitrogens with zero attached hydrogens (tertiary/aromatic N) is 1. The lowest BCUT2D eigenvalue weighted by atomic mass is 10.1. The molecule has 0 spiro atoms. The predicted molar refractivity (Wildman–Crippen MR) is 114 cm³/mol. The highest BCUT2D eigenvalue weighted by Gasteiger charge is 2.52. The molecule has 1 aliphatic rings. The van der Waals surface area contributed by atoms with E-state index in [4.69, 9.17) is 9.47 Å². The van der Waals surface area contributed by atoms with Gasteiger partial charge in [0.25, 0.3) is 0 Å². The van der Waals surface area contributed by atoms with Crippen molar-refractivity contribution in [3.05, 3.63) is 52.6 Å². The number of halogens is 1. The number of methoxy groups -OCH3 is 2. The first-order valence-electron chi connectivity index (χ1n) is 8.81. The quantitative estimate of drug-likeness (QED) is 0.234. The lowest BCUT2D eigenvalue weighted by molar-refractivity contribution is -0.149. The molecule has 162 valence electrons. The summed E-state index contributed by atoms with van der Waals surface area (Å²) in [6.07, 6.45) is 1.01. The number of rotatable bonds is 8. The van der Waals surface area contributed by atoms with Crippen LogP contribution in [-0.2, 0) is 41.3 Å². The molecule has 1 heterocycles. The molecule has 30 heavy (non-hydrogen) atoms. The number of carbonyl (C=O) groups excluding carboxylic acids is 3. The number of alkyl halides is 1. The zero-order valence-corrected chi connectivity index (χ0v) is 19.3. The summed E-state index contributed by atoms with van der Waals surface area (Å²) in [5, 5.41) is 0.270. The lowest BCUT2D eigenvalue weighted by Gasteiger charge is -2.43. The van der Waals surface area contributed by atoms with Crippen LogP contribution in [0.5, 0.6) is 5.75 Å². The van der Waals surface area contributed by atoms with Crippen molar-refractivity contribution in [2.24, 2.45) is 0 Å². The molecule has 0 aliphatic carbocycles. The number of hydrogen-bond acceptors (Lipinski definition) is 7. The molecule has 0 aromatic heterocycles. The van der Waals surface area contributed by atoms with Crippen LogP contribution in [0.3, 0.4) is 0 Å². The van der Waals surface area contributed by atoms with Gasteiger partial charge < -0.3 is 14.2 Å². The van der Waals surface area contributed by atoms with Gasteiger partial charge in [-0.2, -0.15) is 0 Å². The molecule has 1 aromatic rings. The Morgan fingerprint density at radius 1 is 1.20 bits per heavy atom. The highest BCUT2D eigenvalue weighted by molar-refractivity contribution is 9.10. The third-order valence-electron chi connectivity index (χ3n) is 4.19. The molecule has 0 bridgehead atoms. The Labute approximate surface area is 185 Å². The number of β-lactam (4-membered cyclic amide) rings is 1. The monoisotopic (exact) mass is 499 g/mol. The Hall–Kier alpha value is -2.46. The summed E-state index contributed by atoms with van der Waals surface area (Å²) < 4.78 is 27.5. The molecule has 0 radical (unpaired) electrons. The van der Waals surface area contributed by atoms with E-state index in [1.807, 2.05) is 0 Å². The predicted octanol–water partition coefficient (Wildman–Crippen LogP) is 2.40. The largest absolute Gasteiger partial charge is 0.497 e. The van der Waals surface area contributed by atoms with Crippen LogP contribution in [0, 0.1) is 0 Å². The van der Waals surface area contributed by atoms with E-state index in [2.05, 4.69) is 20.7 Å². The summed E-state index contributed by atoms with van der Waals surface area (Å²) in [6, 6.07) is 7.00. The van der Waals surface area contributed by atoms with E-state index >= 15 is 0 Å². The van der Waals surface area contributed by atoms with Crippen molar-refractivity contribution in [1.82, 2.24) is 4.90 Å². The first-order valence-corrected chi connectivity index (χ1v) is 11.0. The van der Waals surface area contributed by atoms with Crippen LogP contribution in [-0.4, -0.2) is 51.4 Å². The zero-order chi connectivity index (χ0) is 22.4. The molecule has 8 nitrogen and oxygen atoms in total. The number of benzene rings is 1. The number of hydrogen-bond donors (Lipinski definition) is 0. The fourth-order valence-corrected chi connectivity index (χ4v) is 4.91. The lowest BCUT2D eigenvalue weighted by Crippen LogP contribution is -2.63. The average molecular weight is 500 g/mol. The van der Waals surface area contributed by atoms with Crippen molar-refractivity contribution < 1.29 is 32.8 Å². The summed E-state index contributed by atoms with van der Waals surface area (Å²) in [7, 11) is 0.993. The van der Waals surface area contributed by atoms with Crippen molar-refractivity contribution in [2.45, 2.75) is 30.7 Å². The number of esters is 2. The Kier molecular flexibility index (Phi) is 8.36. The van der Waals surface area contributed by atoms with Crippen molar-refractivity contribution in [3.8, 4) is 5.75 Å². The van der Waals surface area contributed by atoms with E-state index in [0.717, 1.165) is 21.9 Å². The molecule has 1 amide bonds. The second-order valence-corrected chi connectivity index (χ2v) is 8.83. The molecule has 3 atom stereocenters. The number of amides is 1. The summed E-state index contributed by atoms with van der Waals surface area (Å²) in [4.78, 5) is 36.8. The number of likely N-dealkylation sites (tertiary alicyclic amines) is 1. The van der Waals surface area contributed by atoms with Crippen molar-refractivity contribution >= 4 is 44.6 Å². The van der Waals surface area contributed by atoms with E-state index in [0.29, 0.717) is 11.3 Å². The van der Waals surface area contributed by atoms with Gasteiger partial charge in [0.1, 0.15) is 28.3 Å². The maximum Gasteiger partial charge on any atom is 0.355 e. The number of carbonyl (C=O) groups is 3. The van der Waals surface area contributed by atoms with Gasteiger partial charge in [-0.1, -0.05) is 28.1 Å². The second kappa shape index (κ2) is 10.5. The molecule has 1 aliphatic heterocycles. The summed E-state index contributed by atoms with van der Waals surface area (Å²) in [5.74, 6) is -1.13. The van der Waals surface area contributed by atoms with Gasteiger partial charge in [0.15, 0.2) is 0 Å². The van der Waals surface area contributed by atoms with Gasteiger partial charge >= 0.3 is 11.9 Å². The van der Waals surface area contributed by atoms with Gasteiger partial charge in [-0.25, -0.2) is 9.59 Å². The topological polar surface area (TPSA) is 99.2 Å². The first kappa shape index (κ1) is 23.8. The molecule has 2 rings (SSSR count). The van der Waals surface area contributed by atoms with Gasteiger partial charge in [0.2, 0.25) is 5.91 Å². The molecule has 1 unspecified atom stereocenters. The normalized spacial score (nSPS) is 19.1. The van der Waals surface area contributed by atoms with E-state index in [-0.39, 0.29) is 12.3 Å². The smallest absolute Gasteiger partial charge is 0.355 e. The van der Waals surface area contributed by atoms with Crippen LogP contribution in [0.15, 0.2) is 47.0 Å². The van der Waals surface area contributed by atoms with E-state index in [1.54, 1.807) is 45.2 Å². The van der Waals surface area contributed by atoms with Gasteiger partial charge in [0, 0.05) is 11.5 Å². The molecule has 1 saturated heterocycles. The van der Waals surface area contributed by atoms with E-state index in [1.165, 1.54) is 7.11 Å². The molecular formula is C20H22BrNO7S. The summed E-state index contributed by atoms with van der Waals surface area (Å²) in [5.41, 5.74) is 1.29. The first-order chi connectivity index (χ1) is 14.2. The Morgan fingerprint density at radius 3 is 2.37 bits per heavy atom. The fourth-order valence-electron chi connectivity index (χ4n) is 2.64. The van der Waals surface area contributed by atoms with Gasteiger partial charge in [-0.05, 0) is 37.1 Å². The minimum absolute atomic E-state index is 0.00458. The molecule has 1 aromatic carbocycles. The van der Waals surface area contributed by atoms with Crippen LogP contribution in [0.2, 0.25) is 0 Å². The molecular weight excluding hydrogens is 478 g/mol. The minimum atomic E-state index is -1.76. The number of allylic oxidation sites excluding steroid dienone is 1. The zero-order valence-electron chi connectivity index (χ0n) is 16.9. The third-order valence-corrected chi connectivity index (χ3v) is 6.80. The third kappa shape index (κ3) is 5.37. The highest BCUT2D eigenvalue weighted by Crippen LogP contribution is 2.35. The van der Waals surface area contributed by atoms with Crippen LogP contribution in [0.25, 0.3) is 0 Å². The van der Waals surface area contributed by atoms with Crippen LogP contribution in [0.1, 0.15) is 19.4 Å². The van der Waals surface area contributed by atoms with Gasteiger partial charge in [0.05, 0.1) is 25.0 Å². The van der Waals surface area contributed by atoms with Crippen molar-refractivity contribution in [2.75, 3.05) is 14.2 Å². The van der Waals surface area contributed by atoms with Gasteiger partial charge in [-0.15, -0.1) is 0 Å². The highest BCUT2D eigenvalue weighted by atomic mass is 79.9. The van der Waals surface area contributed by atoms with Gasteiger partial charge in [-0.3, -0.25) is 13.9 Å². The Balaban J connectivity index is 2.16. The average Bonchev–Trinajstić information content (AvgIpc) is 2.75. The van der Waals surface area contributed by atoms with Crippen molar-refractivity contribution in [3.63, 3.8) is 0 Å². The van der Waals surface area contributed by atoms with E-state index in [9.17, 15) is 18.6 Å². The van der Waals surface area contributed by atoms with Crippen molar-refractivity contribution in [1.29, 1.82) is 0 Å². The standard InChI is InChI=1S/C20H22BrNO7S/c1-12(2)17(20(25)29-11-13-5-7-14(27-3)8-6-13)22-18(24)16(21)19(22)30(26)10-9-15(23)28-4/h5-10,16,19H,11H2,1-4H3/b10-9+/t16-,19+,30?/m0/s1. The Morgan fingerprint density at radius 2 is 1.83 bits per heavy atom. The van der Waals surface area contributed by atoms with Crippen LogP contribution >= 0.6 is 15.9 Å². The summed E-state index contributed by atoms with van der Waals surface area (Å²) in [6.45, 7) is 3.31. The molecule has 0 saturated carbocycles. The maximum absolute atomic E-state index is 12.7. The molecule has 10 heteroatoms. The molecule has 1 fully saturated rings. The van der Waals surface area contributed by atoms with Crippen LogP contribution in [0.4, 0.5) is 0 Å². The minimum Gasteiger partial charge on any atom is -0.497 e. The van der Waals surface area contributed by atoms with Crippen LogP contribution < -0.4 is 4.74 Å². The van der Waals surface area contributed by atoms with E-state index < -0.39 is 38.8 Å². The Bertz CT molecular complexity index is 906. The fraction of sp³-hybridized carbons (Fsp3) is 0.350. The SMILES string of the molecule is COC(=O)/C=C/S(=O)[C@@H]1[C@@H](Br)C(=O)N1C(C(=O)OCc1ccc(OC)cc1)=C(C)C. The number of ether oxygens (including phenoxy) is 3. The summed E-state index contributed by atoms with van der Waals surface area (Å²) >= 11 is 3.19. The second-order valence-electron chi connectivity index (χ2n) is 6.43.